The smallest absolute Gasteiger partial charge is 0.268 e. The standard InChI is InChI=1S/C23H23NO3S/c1-16-9-11-18(12-10-16)20-21(28-15-17-6-3-2-4-7-17)23(26)24(22(20)25)14-19-8-5-13-27-19/h2-4,6-7,9-12,19H,5,8,13-15H2,1H3. The normalized spacial score (nSPS) is 19.8. The van der Waals surface area contributed by atoms with Crippen LogP contribution in [0.25, 0.3) is 5.57 Å². The van der Waals surface area contributed by atoms with E-state index in [1.54, 1.807) is 0 Å². The third-order valence-corrected chi connectivity index (χ3v) is 6.25. The molecule has 2 aromatic rings. The first kappa shape index (κ1) is 19.0. The van der Waals surface area contributed by atoms with Crippen LogP contribution in [-0.2, 0) is 20.1 Å². The van der Waals surface area contributed by atoms with Crippen molar-refractivity contribution in [2.24, 2.45) is 0 Å². The van der Waals surface area contributed by atoms with E-state index in [0.29, 0.717) is 29.4 Å². The molecule has 2 aliphatic rings. The average molecular weight is 394 g/mol. The van der Waals surface area contributed by atoms with E-state index in [1.165, 1.54) is 16.7 Å². The van der Waals surface area contributed by atoms with Gasteiger partial charge in [0.15, 0.2) is 0 Å². The summed E-state index contributed by atoms with van der Waals surface area (Å²) in [5.41, 5.74) is 3.56. The number of imide groups is 1. The molecule has 0 spiro atoms. The lowest BCUT2D eigenvalue weighted by molar-refractivity contribution is -0.138. The molecule has 5 heteroatoms. The summed E-state index contributed by atoms with van der Waals surface area (Å²) >= 11 is 1.44. The zero-order chi connectivity index (χ0) is 19.5. The highest BCUT2D eigenvalue weighted by Gasteiger charge is 2.40. The number of nitrogens with zero attached hydrogens (tertiary/aromatic N) is 1. The van der Waals surface area contributed by atoms with Gasteiger partial charge in [0.1, 0.15) is 0 Å². The van der Waals surface area contributed by atoms with Crippen LogP contribution >= 0.6 is 11.8 Å². The Bertz CT molecular complexity index is 899. The number of aryl methyl sites for hydroxylation is 1. The largest absolute Gasteiger partial charge is 0.376 e. The third-order valence-electron chi connectivity index (χ3n) is 5.10. The highest BCUT2D eigenvalue weighted by atomic mass is 32.2. The highest BCUT2D eigenvalue weighted by molar-refractivity contribution is 8.03. The highest BCUT2D eigenvalue weighted by Crippen LogP contribution is 2.38. The third kappa shape index (κ3) is 3.91. The van der Waals surface area contributed by atoms with Gasteiger partial charge in [-0.1, -0.05) is 60.2 Å². The summed E-state index contributed by atoms with van der Waals surface area (Å²) in [6.07, 6.45) is 1.82. The van der Waals surface area contributed by atoms with Gasteiger partial charge >= 0.3 is 0 Å². The molecule has 2 aromatic carbocycles. The monoisotopic (exact) mass is 393 g/mol. The van der Waals surface area contributed by atoms with E-state index < -0.39 is 0 Å². The van der Waals surface area contributed by atoms with Gasteiger partial charge in [-0.05, 0) is 30.9 Å². The van der Waals surface area contributed by atoms with Crippen molar-refractivity contribution >= 4 is 29.1 Å². The Morgan fingerprint density at radius 3 is 2.46 bits per heavy atom. The summed E-state index contributed by atoms with van der Waals surface area (Å²) in [4.78, 5) is 28.2. The van der Waals surface area contributed by atoms with Crippen molar-refractivity contribution in [3.63, 3.8) is 0 Å². The number of hydrogen-bond donors (Lipinski definition) is 0. The van der Waals surface area contributed by atoms with Crippen molar-refractivity contribution in [1.29, 1.82) is 0 Å². The molecule has 4 nitrogen and oxygen atoms in total. The number of hydrogen-bond acceptors (Lipinski definition) is 4. The van der Waals surface area contributed by atoms with Crippen molar-refractivity contribution < 1.29 is 14.3 Å². The van der Waals surface area contributed by atoms with Gasteiger partial charge in [0.05, 0.1) is 23.1 Å². The zero-order valence-electron chi connectivity index (χ0n) is 15.9. The first-order chi connectivity index (χ1) is 13.6. The maximum Gasteiger partial charge on any atom is 0.268 e. The van der Waals surface area contributed by atoms with E-state index in [0.717, 1.165) is 29.5 Å². The predicted octanol–water partition coefficient (Wildman–Crippen LogP) is 4.19. The molecule has 4 rings (SSSR count). The maximum absolute atomic E-state index is 13.2. The van der Waals surface area contributed by atoms with Gasteiger partial charge < -0.3 is 4.74 Å². The van der Waals surface area contributed by atoms with Gasteiger partial charge in [0.2, 0.25) is 0 Å². The van der Waals surface area contributed by atoms with Crippen LogP contribution < -0.4 is 0 Å². The minimum atomic E-state index is -0.208. The first-order valence-corrected chi connectivity index (χ1v) is 10.6. The molecule has 0 radical (unpaired) electrons. The fourth-order valence-electron chi connectivity index (χ4n) is 3.55. The van der Waals surface area contributed by atoms with Crippen LogP contribution in [0.2, 0.25) is 0 Å². The molecule has 1 unspecified atom stereocenters. The van der Waals surface area contributed by atoms with Crippen LogP contribution in [0.15, 0.2) is 59.5 Å². The molecule has 1 fully saturated rings. The van der Waals surface area contributed by atoms with Gasteiger partial charge in [-0.3, -0.25) is 14.5 Å². The lowest BCUT2D eigenvalue weighted by Crippen LogP contribution is -2.37. The van der Waals surface area contributed by atoms with E-state index in [-0.39, 0.29) is 17.9 Å². The van der Waals surface area contributed by atoms with Crippen molar-refractivity contribution in [2.45, 2.75) is 31.6 Å². The minimum Gasteiger partial charge on any atom is -0.376 e. The summed E-state index contributed by atoms with van der Waals surface area (Å²) in [5, 5.41) is 0. The number of carbonyl (C=O) groups is 2. The van der Waals surface area contributed by atoms with E-state index in [2.05, 4.69) is 0 Å². The summed E-state index contributed by atoms with van der Waals surface area (Å²) in [5.74, 6) is 0.245. The molecule has 0 N–H and O–H groups in total. The first-order valence-electron chi connectivity index (χ1n) is 9.59. The zero-order valence-corrected chi connectivity index (χ0v) is 16.7. The SMILES string of the molecule is Cc1ccc(C2=C(SCc3ccccc3)C(=O)N(CC3CCCO3)C2=O)cc1. The molecule has 0 saturated carbocycles. The molecule has 1 saturated heterocycles. The van der Waals surface area contributed by atoms with E-state index >= 15 is 0 Å². The van der Waals surface area contributed by atoms with Gasteiger partial charge in [0, 0.05) is 12.4 Å². The van der Waals surface area contributed by atoms with Crippen molar-refractivity contribution in [3.05, 3.63) is 76.2 Å². The second-order valence-electron chi connectivity index (χ2n) is 7.20. The van der Waals surface area contributed by atoms with Crippen LogP contribution in [0.1, 0.15) is 29.5 Å². The van der Waals surface area contributed by atoms with Crippen LogP contribution in [-0.4, -0.2) is 36.0 Å². The summed E-state index contributed by atoms with van der Waals surface area (Å²) in [6, 6.07) is 17.8. The molecule has 0 bridgehead atoms. The van der Waals surface area contributed by atoms with E-state index in [4.69, 9.17) is 4.74 Å². The Morgan fingerprint density at radius 2 is 1.79 bits per heavy atom. The molecular formula is C23H23NO3S. The average Bonchev–Trinajstić information content (AvgIpc) is 3.30. The van der Waals surface area contributed by atoms with Crippen LogP contribution in [0, 0.1) is 6.92 Å². The Morgan fingerprint density at radius 1 is 1.04 bits per heavy atom. The molecule has 2 aliphatic heterocycles. The maximum atomic E-state index is 13.2. The molecule has 28 heavy (non-hydrogen) atoms. The molecule has 2 amide bonds. The van der Waals surface area contributed by atoms with E-state index in [9.17, 15) is 9.59 Å². The van der Waals surface area contributed by atoms with Crippen molar-refractivity contribution in [1.82, 2.24) is 4.90 Å². The van der Waals surface area contributed by atoms with E-state index in [1.807, 2.05) is 61.5 Å². The Labute approximate surface area is 169 Å². The Kier molecular flexibility index (Phi) is 5.64. The number of amides is 2. The Hall–Kier alpha value is -2.37. The fourth-order valence-corrected chi connectivity index (χ4v) is 4.64. The lowest BCUT2D eigenvalue weighted by Gasteiger charge is -2.19. The molecular weight excluding hydrogens is 370 g/mol. The van der Waals surface area contributed by atoms with Crippen LogP contribution in [0.3, 0.4) is 0 Å². The summed E-state index contributed by atoms with van der Waals surface area (Å²) < 4.78 is 5.66. The number of thioether (sulfide) groups is 1. The number of benzene rings is 2. The van der Waals surface area contributed by atoms with Gasteiger partial charge in [-0.25, -0.2) is 0 Å². The summed E-state index contributed by atoms with van der Waals surface area (Å²) in [6.45, 7) is 3.05. The van der Waals surface area contributed by atoms with Gasteiger partial charge in [0.25, 0.3) is 11.8 Å². The molecule has 2 heterocycles. The lowest BCUT2D eigenvalue weighted by atomic mass is 10.0. The predicted molar refractivity (Wildman–Crippen MR) is 112 cm³/mol. The molecule has 0 aromatic heterocycles. The molecule has 144 valence electrons. The van der Waals surface area contributed by atoms with Crippen molar-refractivity contribution in [3.8, 4) is 0 Å². The number of rotatable bonds is 6. The van der Waals surface area contributed by atoms with Crippen LogP contribution in [0.4, 0.5) is 0 Å². The second-order valence-corrected chi connectivity index (χ2v) is 8.19. The Balaban J connectivity index is 1.63. The fraction of sp³-hybridized carbons (Fsp3) is 0.304. The summed E-state index contributed by atoms with van der Waals surface area (Å²) in [7, 11) is 0. The van der Waals surface area contributed by atoms with Crippen LogP contribution in [0.5, 0.6) is 0 Å². The topological polar surface area (TPSA) is 46.6 Å². The minimum absolute atomic E-state index is 0.0503. The number of ether oxygens (including phenoxy) is 1. The number of carbonyl (C=O) groups excluding carboxylic acids is 2. The second kappa shape index (κ2) is 8.33. The molecule has 0 aliphatic carbocycles. The van der Waals surface area contributed by atoms with Gasteiger partial charge in [-0.2, -0.15) is 0 Å². The van der Waals surface area contributed by atoms with Crippen molar-refractivity contribution in [2.75, 3.05) is 13.2 Å². The van der Waals surface area contributed by atoms with Gasteiger partial charge in [-0.15, -0.1) is 11.8 Å². The quantitative estimate of drug-likeness (QED) is 0.691. The molecule has 1 atom stereocenters.